The number of furan rings is 1. The molecule has 2 saturated heterocycles. The van der Waals surface area contributed by atoms with Gasteiger partial charge in [0.1, 0.15) is 18.2 Å². The summed E-state index contributed by atoms with van der Waals surface area (Å²) in [5.41, 5.74) is 6.76. The lowest BCUT2D eigenvalue weighted by Gasteiger charge is -2.36. The van der Waals surface area contributed by atoms with Crippen LogP contribution in [0.5, 0.6) is 5.75 Å². The zero-order valence-electron chi connectivity index (χ0n) is 23.2. The van der Waals surface area contributed by atoms with E-state index in [1.807, 2.05) is 24.1 Å². The van der Waals surface area contributed by atoms with Gasteiger partial charge in [-0.1, -0.05) is 0 Å². The first-order valence-electron chi connectivity index (χ1n) is 14.0. The molecule has 0 atom stereocenters. The van der Waals surface area contributed by atoms with Crippen LogP contribution in [0.25, 0.3) is 17.4 Å². The fraction of sp³-hybridized carbons (Fsp3) is 0.481. The molecule has 0 spiro atoms. The highest BCUT2D eigenvalue weighted by molar-refractivity contribution is 5.53. The van der Waals surface area contributed by atoms with E-state index in [-0.39, 0.29) is 11.8 Å². The Hall–Kier alpha value is -4.01. The summed E-state index contributed by atoms with van der Waals surface area (Å²) in [5, 5.41) is 7.68. The summed E-state index contributed by atoms with van der Waals surface area (Å²) in [6.45, 7) is 10.1. The molecule has 0 bridgehead atoms. The zero-order valence-corrected chi connectivity index (χ0v) is 23.2. The van der Waals surface area contributed by atoms with E-state index in [1.54, 1.807) is 18.4 Å². The van der Waals surface area contributed by atoms with Crippen molar-refractivity contribution in [1.29, 1.82) is 0 Å². The van der Waals surface area contributed by atoms with E-state index in [2.05, 4.69) is 40.1 Å². The molecule has 218 valence electrons. The largest absolute Gasteiger partial charge is 0.492 e. The number of ether oxygens (including phenoxy) is 1. The first-order chi connectivity index (χ1) is 20.0. The monoisotopic (exact) mass is 565 g/mol. The number of piperazine rings is 2. The van der Waals surface area contributed by atoms with Gasteiger partial charge in [-0.2, -0.15) is 19.5 Å². The molecule has 3 aromatic heterocycles. The van der Waals surface area contributed by atoms with Crippen LogP contribution < -0.4 is 25.6 Å². The first kappa shape index (κ1) is 27.2. The Kier molecular flexibility index (Phi) is 8.11. The van der Waals surface area contributed by atoms with E-state index in [0.717, 1.165) is 65.4 Å². The number of nitrogens with two attached hydrogens (primary N) is 1. The first-order valence-corrected chi connectivity index (χ1v) is 14.0. The van der Waals surface area contributed by atoms with Crippen LogP contribution in [0.1, 0.15) is 0 Å². The number of rotatable bonds is 10. The van der Waals surface area contributed by atoms with Crippen LogP contribution in [0.4, 0.5) is 22.0 Å². The minimum absolute atomic E-state index is 0.203. The van der Waals surface area contributed by atoms with Crippen LogP contribution in [0.15, 0.2) is 41.0 Å². The van der Waals surface area contributed by atoms with Gasteiger partial charge in [0.2, 0.25) is 17.7 Å². The second-order valence-electron chi connectivity index (χ2n) is 10.3. The van der Waals surface area contributed by atoms with Crippen molar-refractivity contribution in [3.8, 4) is 17.3 Å². The smallest absolute Gasteiger partial charge is 0.259 e. The second-order valence-corrected chi connectivity index (χ2v) is 10.3. The van der Waals surface area contributed by atoms with Crippen molar-refractivity contribution in [2.45, 2.75) is 0 Å². The van der Waals surface area contributed by atoms with Crippen LogP contribution in [-0.4, -0.2) is 120 Å². The normalized spacial score (nSPS) is 16.9. The molecule has 2 aliphatic heterocycles. The molecule has 0 aliphatic carbocycles. The molecular formula is C27H36FN11O2. The number of benzene rings is 1. The molecule has 0 radical (unpaired) electrons. The van der Waals surface area contributed by atoms with Gasteiger partial charge in [0.05, 0.1) is 12.0 Å². The molecule has 1 aromatic carbocycles. The summed E-state index contributed by atoms with van der Waals surface area (Å²) in [5.74, 6) is 2.31. The van der Waals surface area contributed by atoms with E-state index < -0.39 is 0 Å². The van der Waals surface area contributed by atoms with Crippen molar-refractivity contribution < 1.29 is 13.5 Å². The second kappa shape index (κ2) is 12.2. The summed E-state index contributed by atoms with van der Waals surface area (Å²) in [4.78, 5) is 22.1. The van der Waals surface area contributed by atoms with E-state index in [4.69, 9.17) is 14.9 Å². The minimum Gasteiger partial charge on any atom is -0.492 e. The summed E-state index contributed by atoms with van der Waals surface area (Å²) in [6, 6.07) is 8.75. The van der Waals surface area contributed by atoms with Crippen LogP contribution in [0.2, 0.25) is 0 Å². The number of hydrogen-bond donors (Lipinski definition) is 2. The predicted octanol–water partition coefficient (Wildman–Crippen LogP) is 1.04. The van der Waals surface area contributed by atoms with Crippen molar-refractivity contribution in [3.05, 3.63) is 42.4 Å². The SMILES string of the molecule is CN(CCN1CCN(c2ccc(OCCN3CCNCC3)cc2F)CC1)c1nc(N)n2nc(-c3ccco3)nc2n1. The highest BCUT2D eigenvalue weighted by atomic mass is 19.1. The lowest BCUT2D eigenvalue weighted by atomic mass is 10.2. The van der Waals surface area contributed by atoms with Gasteiger partial charge in [-0.05, 0) is 24.3 Å². The standard InChI is InChI=1S/C27H36FN11O2/c1-35(26-32-25(29)39-27(33-26)31-24(34-39)23-3-2-17-41-23)10-11-37-12-14-38(15-13-37)22-5-4-20(19-21(22)28)40-18-16-36-8-6-30-7-9-36/h2-5,17,19,30H,6-16,18H2,1H3,(H2,29,31,32,33,34). The lowest BCUT2D eigenvalue weighted by Crippen LogP contribution is -2.48. The summed E-state index contributed by atoms with van der Waals surface area (Å²) >= 11 is 0. The Bertz CT molecular complexity index is 1430. The number of nitrogen functional groups attached to an aromatic ring is 1. The molecule has 13 nitrogen and oxygen atoms in total. The van der Waals surface area contributed by atoms with E-state index >= 15 is 0 Å². The Morgan fingerprint density at radius 3 is 2.59 bits per heavy atom. The van der Waals surface area contributed by atoms with Crippen molar-refractivity contribution in [2.75, 3.05) is 101 Å². The van der Waals surface area contributed by atoms with Gasteiger partial charge in [-0.25, -0.2) is 4.39 Å². The molecule has 0 amide bonds. The topological polar surface area (TPSA) is 129 Å². The quantitative estimate of drug-likeness (QED) is 0.285. The zero-order chi connectivity index (χ0) is 28.2. The predicted molar refractivity (Wildman–Crippen MR) is 154 cm³/mol. The maximum Gasteiger partial charge on any atom is 0.259 e. The molecule has 2 aliphatic rings. The maximum atomic E-state index is 15.0. The average Bonchev–Trinajstić information content (AvgIpc) is 3.68. The summed E-state index contributed by atoms with van der Waals surface area (Å²) in [7, 11) is 1.92. The highest BCUT2D eigenvalue weighted by Gasteiger charge is 2.21. The van der Waals surface area contributed by atoms with Crippen molar-refractivity contribution >= 4 is 23.4 Å². The van der Waals surface area contributed by atoms with Gasteiger partial charge in [0.25, 0.3) is 5.78 Å². The van der Waals surface area contributed by atoms with Crippen molar-refractivity contribution in [3.63, 3.8) is 0 Å². The minimum atomic E-state index is -0.244. The van der Waals surface area contributed by atoms with Gasteiger partial charge in [0, 0.05) is 85.1 Å². The number of nitrogens with one attached hydrogen (secondary N) is 1. The molecule has 0 saturated carbocycles. The molecule has 6 rings (SSSR count). The number of halogens is 1. The molecule has 5 heterocycles. The lowest BCUT2D eigenvalue weighted by molar-refractivity contribution is 0.191. The highest BCUT2D eigenvalue weighted by Crippen LogP contribution is 2.25. The van der Waals surface area contributed by atoms with Gasteiger partial charge in [0.15, 0.2) is 5.76 Å². The van der Waals surface area contributed by atoms with Crippen molar-refractivity contribution in [1.82, 2.24) is 39.7 Å². The number of aromatic nitrogens is 5. The van der Waals surface area contributed by atoms with Gasteiger partial charge in [-0.15, -0.1) is 5.10 Å². The van der Waals surface area contributed by atoms with Crippen LogP contribution >= 0.6 is 0 Å². The van der Waals surface area contributed by atoms with Gasteiger partial charge >= 0.3 is 0 Å². The average molecular weight is 566 g/mol. The summed E-state index contributed by atoms with van der Waals surface area (Å²) in [6.07, 6.45) is 1.56. The van der Waals surface area contributed by atoms with E-state index in [0.29, 0.717) is 47.9 Å². The molecule has 41 heavy (non-hydrogen) atoms. The Balaban J connectivity index is 0.979. The van der Waals surface area contributed by atoms with E-state index in [9.17, 15) is 4.39 Å². The molecular weight excluding hydrogens is 529 g/mol. The molecule has 3 N–H and O–H groups in total. The van der Waals surface area contributed by atoms with Crippen molar-refractivity contribution in [2.24, 2.45) is 0 Å². The van der Waals surface area contributed by atoms with Crippen LogP contribution in [0, 0.1) is 5.82 Å². The van der Waals surface area contributed by atoms with Gasteiger partial charge < -0.3 is 30.0 Å². The number of likely N-dealkylation sites (N-methyl/N-ethyl adjacent to an activating group) is 1. The van der Waals surface area contributed by atoms with Crippen LogP contribution in [0.3, 0.4) is 0 Å². The Labute approximate surface area is 237 Å². The molecule has 4 aromatic rings. The number of nitrogens with zero attached hydrogens (tertiary/aromatic N) is 9. The fourth-order valence-electron chi connectivity index (χ4n) is 5.14. The molecule has 0 unspecified atom stereocenters. The van der Waals surface area contributed by atoms with Crippen LogP contribution in [-0.2, 0) is 0 Å². The third-order valence-corrected chi connectivity index (χ3v) is 7.57. The number of anilines is 3. The fourth-order valence-corrected chi connectivity index (χ4v) is 5.14. The van der Waals surface area contributed by atoms with E-state index in [1.165, 1.54) is 10.6 Å². The third-order valence-electron chi connectivity index (χ3n) is 7.57. The number of fused-ring (bicyclic) bond motifs is 1. The van der Waals surface area contributed by atoms with Gasteiger partial charge in [-0.3, -0.25) is 9.80 Å². The third kappa shape index (κ3) is 6.34. The summed E-state index contributed by atoms with van der Waals surface area (Å²) < 4.78 is 27.6. The molecule has 14 heteroatoms. The Morgan fingerprint density at radius 2 is 1.83 bits per heavy atom. The number of hydrogen-bond acceptors (Lipinski definition) is 12. The Morgan fingerprint density at radius 1 is 1.02 bits per heavy atom. The maximum absolute atomic E-state index is 15.0. The molecule has 2 fully saturated rings.